The van der Waals surface area contributed by atoms with Crippen LogP contribution in [0.2, 0.25) is 5.02 Å². The topological polar surface area (TPSA) is 36.4 Å². The van der Waals surface area contributed by atoms with Crippen LogP contribution in [0.25, 0.3) is 0 Å². The van der Waals surface area contributed by atoms with Crippen molar-refractivity contribution in [2.75, 3.05) is 13.1 Å². The minimum atomic E-state index is -0.412. The van der Waals surface area contributed by atoms with Crippen molar-refractivity contribution in [1.82, 2.24) is 9.88 Å². The van der Waals surface area contributed by atoms with Crippen LogP contribution < -0.4 is 0 Å². The van der Waals surface area contributed by atoms with Gasteiger partial charge in [-0.3, -0.25) is 9.88 Å². The number of hydrogen-bond acceptors (Lipinski definition) is 3. The lowest BCUT2D eigenvalue weighted by atomic mass is 9.84. The Bertz CT molecular complexity index is 434. The second-order valence-electron chi connectivity index (χ2n) is 5.95. The van der Waals surface area contributed by atoms with E-state index in [1.807, 2.05) is 6.07 Å². The Balaban J connectivity index is 2.11. The molecule has 112 valence electrons. The van der Waals surface area contributed by atoms with Gasteiger partial charge in [-0.2, -0.15) is 0 Å². The van der Waals surface area contributed by atoms with E-state index in [1.165, 1.54) is 19.3 Å². The molecule has 0 radical (unpaired) electrons. The van der Waals surface area contributed by atoms with Gasteiger partial charge in [-0.15, -0.1) is 0 Å². The van der Waals surface area contributed by atoms with Crippen LogP contribution in [0.1, 0.15) is 45.1 Å². The molecule has 0 aromatic carbocycles. The molecule has 1 saturated heterocycles. The minimum absolute atomic E-state index is 0.174. The number of likely N-dealkylation sites (tertiary alicyclic amines) is 1. The molecule has 0 amide bonds. The fourth-order valence-electron chi connectivity index (χ4n) is 3.07. The summed E-state index contributed by atoms with van der Waals surface area (Å²) in [7, 11) is 0. The smallest absolute Gasteiger partial charge is 0.0761 e. The molecule has 2 atom stereocenters. The van der Waals surface area contributed by atoms with Crippen LogP contribution in [0.3, 0.4) is 0 Å². The predicted octanol–water partition coefficient (Wildman–Crippen LogP) is 3.29. The molecule has 0 saturated carbocycles. The average Bonchev–Trinajstić information content (AvgIpc) is 2.49. The van der Waals surface area contributed by atoms with Crippen molar-refractivity contribution in [1.29, 1.82) is 0 Å². The van der Waals surface area contributed by atoms with Gasteiger partial charge in [0.2, 0.25) is 0 Å². The van der Waals surface area contributed by atoms with E-state index in [2.05, 4.69) is 23.7 Å². The zero-order chi connectivity index (χ0) is 14.6. The van der Waals surface area contributed by atoms with Crippen LogP contribution >= 0.6 is 11.6 Å². The first-order chi connectivity index (χ1) is 9.58. The number of rotatable bonds is 5. The predicted molar refractivity (Wildman–Crippen MR) is 83.1 cm³/mol. The van der Waals surface area contributed by atoms with Gasteiger partial charge < -0.3 is 5.11 Å². The summed E-state index contributed by atoms with van der Waals surface area (Å²) in [5.74, 6) is 0. The molecule has 0 aliphatic carbocycles. The first-order valence-electron chi connectivity index (χ1n) is 7.59. The van der Waals surface area contributed by atoms with Crippen LogP contribution in [0, 0.1) is 0 Å². The van der Waals surface area contributed by atoms with Crippen LogP contribution in [0.15, 0.2) is 18.5 Å². The maximum absolute atomic E-state index is 10.8. The molecule has 4 heteroatoms. The zero-order valence-corrected chi connectivity index (χ0v) is 13.2. The monoisotopic (exact) mass is 296 g/mol. The summed E-state index contributed by atoms with van der Waals surface area (Å²) in [5, 5.41) is 11.4. The van der Waals surface area contributed by atoms with Crippen molar-refractivity contribution in [3.63, 3.8) is 0 Å². The summed E-state index contributed by atoms with van der Waals surface area (Å²) < 4.78 is 0. The first-order valence-corrected chi connectivity index (χ1v) is 7.97. The van der Waals surface area contributed by atoms with Gasteiger partial charge in [-0.1, -0.05) is 24.9 Å². The lowest BCUT2D eigenvalue weighted by molar-refractivity contribution is -0.0328. The first kappa shape index (κ1) is 15.7. The molecule has 3 nitrogen and oxygen atoms in total. The Morgan fingerprint density at radius 2 is 2.10 bits per heavy atom. The average molecular weight is 297 g/mol. The van der Waals surface area contributed by atoms with E-state index in [0.29, 0.717) is 11.4 Å². The van der Waals surface area contributed by atoms with Crippen molar-refractivity contribution in [2.45, 2.75) is 57.6 Å². The van der Waals surface area contributed by atoms with Crippen molar-refractivity contribution in [2.24, 2.45) is 0 Å². The lowest BCUT2D eigenvalue weighted by Gasteiger charge is -2.46. The molecule has 2 rings (SSSR count). The van der Waals surface area contributed by atoms with Crippen LogP contribution in [-0.4, -0.2) is 39.7 Å². The van der Waals surface area contributed by atoms with Crippen LogP contribution in [0.4, 0.5) is 0 Å². The highest BCUT2D eigenvalue weighted by Gasteiger charge is 2.37. The summed E-state index contributed by atoms with van der Waals surface area (Å²) in [6, 6.07) is 1.90. The third kappa shape index (κ3) is 3.33. The van der Waals surface area contributed by atoms with Gasteiger partial charge in [-0.05, 0) is 50.9 Å². The van der Waals surface area contributed by atoms with Crippen molar-refractivity contribution in [3.05, 3.63) is 29.0 Å². The minimum Gasteiger partial charge on any atom is -0.391 e. The Labute approximate surface area is 127 Å². The van der Waals surface area contributed by atoms with Gasteiger partial charge in [0.15, 0.2) is 0 Å². The highest BCUT2D eigenvalue weighted by molar-refractivity contribution is 6.31. The summed E-state index contributed by atoms with van der Waals surface area (Å²) in [6.07, 6.45) is 8.27. The van der Waals surface area contributed by atoms with Crippen molar-refractivity contribution in [3.8, 4) is 0 Å². The molecule has 2 heterocycles. The lowest BCUT2D eigenvalue weighted by Crippen LogP contribution is -2.56. The normalized spacial score (nSPS) is 21.4. The molecule has 1 fully saturated rings. The standard InChI is InChI=1S/C16H25ClN2O/c1-3-16(2,19-9-5-4-6-10-19)15(20)11-13-7-8-18-12-14(13)17/h7-8,12,15,20H,3-6,9-11H2,1-2H3. The Kier molecular flexibility index (Phi) is 5.42. The van der Waals surface area contributed by atoms with E-state index in [9.17, 15) is 5.11 Å². The third-order valence-electron chi connectivity index (χ3n) is 4.78. The summed E-state index contributed by atoms with van der Waals surface area (Å²) in [5.41, 5.74) is 0.804. The Morgan fingerprint density at radius 3 is 2.70 bits per heavy atom. The number of aliphatic hydroxyl groups excluding tert-OH is 1. The number of piperidine rings is 1. The molecule has 0 bridgehead atoms. The number of nitrogens with zero attached hydrogens (tertiary/aromatic N) is 2. The van der Waals surface area contributed by atoms with E-state index in [0.717, 1.165) is 25.1 Å². The van der Waals surface area contributed by atoms with Crippen LogP contribution in [-0.2, 0) is 6.42 Å². The summed E-state index contributed by atoms with van der Waals surface area (Å²) in [6.45, 7) is 6.51. The van der Waals surface area contributed by atoms with Gasteiger partial charge in [0.25, 0.3) is 0 Å². The molecule has 1 aromatic heterocycles. The molecule has 1 N–H and O–H groups in total. The van der Waals surface area contributed by atoms with Gasteiger partial charge in [0, 0.05) is 24.4 Å². The van der Waals surface area contributed by atoms with Gasteiger partial charge >= 0.3 is 0 Å². The fourth-order valence-corrected chi connectivity index (χ4v) is 3.27. The summed E-state index contributed by atoms with van der Waals surface area (Å²) in [4.78, 5) is 6.46. The number of hydrogen-bond donors (Lipinski definition) is 1. The highest BCUT2D eigenvalue weighted by atomic mass is 35.5. The molecule has 1 aliphatic rings. The molecule has 1 aromatic rings. The van der Waals surface area contributed by atoms with Gasteiger partial charge in [-0.25, -0.2) is 0 Å². The maximum atomic E-state index is 10.8. The largest absolute Gasteiger partial charge is 0.391 e. The van der Waals surface area contributed by atoms with Gasteiger partial charge in [0.05, 0.1) is 11.1 Å². The second-order valence-corrected chi connectivity index (χ2v) is 6.35. The number of aliphatic hydroxyl groups is 1. The van der Waals surface area contributed by atoms with Crippen LogP contribution in [0.5, 0.6) is 0 Å². The molecular weight excluding hydrogens is 272 g/mol. The molecule has 0 spiro atoms. The molecule has 2 unspecified atom stereocenters. The fraction of sp³-hybridized carbons (Fsp3) is 0.688. The van der Waals surface area contributed by atoms with Gasteiger partial charge in [0.1, 0.15) is 0 Å². The van der Waals surface area contributed by atoms with E-state index in [-0.39, 0.29) is 5.54 Å². The third-order valence-corrected chi connectivity index (χ3v) is 5.12. The van der Waals surface area contributed by atoms with E-state index in [1.54, 1.807) is 12.4 Å². The van der Waals surface area contributed by atoms with Crippen molar-refractivity contribution < 1.29 is 5.11 Å². The number of halogens is 1. The van der Waals surface area contributed by atoms with E-state index >= 15 is 0 Å². The highest BCUT2D eigenvalue weighted by Crippen LogP contribution is 2.30. The molecule has 20 heavy (non-hydrogen) atoms. The number of aromatic nitrogens is 1. The summed E-state index contributed by atoms with van der Waals surface area (Å²) >= 11 is 6.16. The second kappa shape index (κ2) is 6.88. The Morgan fingerprint density at radius 1 is 1.40 bits per heavy atom. The van der Waals surface area contributed by atoms with E-state index < -0.39 is 6.10 Å². The van der Waals surface area contributed by atoms with Crippen molar-refractivity contribution >= 4 is 11.6 Å². The number of pyridine rings is 1. The van der Waals surface area contributed by atoms with E-state index in [4.69, 9.17) is 11.6 Å². The zero-order valence-electron chi connectivity index (χ0n) is 12.5. The SMILES string of the molecule is CCC(C)(C(O)Cc1ccncc1Cl)N1CCCCC1. The Hall–Kier alpha value is -0.640. The molecule has 1 aliphatic heterocycles. The molecular formula is C16H25ClN2O. The maximum Gasteiger partial charge on any atom is 0.0761 e. The quantitative estimate of drug-likeness (QED) is 0.906.